The van der Waals surface area contributed by atoms with Gasteiger partial charge in [-0.05, 0) is 47.5 Å². The fraction of sp³-hybridized carbons (Fsp3) is 0. The number of nitrogen functional groups attached to an aromatic ring is 1. The molecule has 0 unspecified atom stereocenters. The molecule has 0 saturated heterocycles. The molecule has 0 saturated carbocycles. The maximum absolute atomic E-state index is 6.38. The molecule has 0 bridgehead atoms. The summed E-state index contributed by atoms with van der Waals surface area (Å²) in [7, 11) is 0. The Morgan fingerprint density at radius 1 is 0.528 bits per heavy atom. The lowest BCUT2D eigenvalue weighted by atomic mass is 9.98. The molecular weight excluding hydrogens is 438 g/mol. The largest absolute Gasteiger partial charge is 0.397 e. The van der Waals surface area contributed by atoms with Crippen LogP contribution in [0.3, 0.4) is 0 Å². The molecule has 7 aromatic rings. The number of fused-ring (bicyclic) bond motifs is 4. The standard InChI is InChI=1S/C33H23N3/c34-29-14-8-13-27-28(22-9-2-1-3-10-22)21-30(35-33(27)29)23-17-19-24(20-18-23)36-31-15-6-4-11-25(31)26-12-5-7-16-32(26)36/h1-21H,34H2. The van der Waals surface area contributed by atoms with Crippen molar-refractivity contribution >= 4 is 38.4 Å². The van der Waals surface area contributed by atoms with Crippen molar-refractivity contribution < 1.29 is 0 Å². The molecule has 0 atom stereocenters. The summed E-state index contributed by atoms with van der Waals surface area (Å²) in [4.78, 5) is 4.99. The number of pyridine rings is 1. The highest BCUT2D eigenvalue weighted by atomic mass is 15.0. The number of rotatable bonds is 3. The van der Waals surface area contributed by atoms with Crippen LogP contribution >= 0.6 is 0 Å². The molecule has 2 N–H and O–H groups in total. The van der Waals surface area contributed by atoms with Gasteiger partial charge in [-0.2, -0.15) is 0 Å². The van der Waals surface area contributed by atoms with Gasteiger partial charge in [-0.3, -0.25) is 0 Å². The Balaban J connectivity index is 1.40. The Bertz CT molecular complexity index is 1830. The van der Waals surface area contributed by atoms with Gasteiger partial charge in [-0.1, -0.05) is 91.0 Å². The Labute approximate surface area is 209 Å². The second-order valence-corrected chi connectivity index (χ2v) is 9.08. The second-order valence-electron chi connectivity index (χ2n) is 9.08. The van der Waals surface area contributed by atoms with Crippen LogP contribution in [-0.4, -0.2) is 9.55 Å². The van der Waals surface area contributed by atoms with Crippen molar-refractivity contribution in [3.05, 3.63) is 127 Å². The van der Waals surface area contributed by atoms with Crippen LogP contribution < -0.4 is 5.73 Å². The van der Waals surface area contributed by atoms with E-state index in [0.29, 0.717) is 5.69 Å². The van der Waals surface area contributed by atoms with E-state index in [1.165, 1.54) is 21.8 Å². The van der Waals surface area contributed by atoms with Gasteiger partial charge < -0.3 is 10.3 Å². The SMILES string of the molecule is Nc1cccc2c(-c3ccccc3)cc(-c3ccc(-n4c5ccccc5c5ccccc54)cc3)nc12. The predicted molar refractivity (Wildman–Crippen MR) is 151 cm³/mol. The zero-order chi connectivity index (χ0) is 24.1. The molecule has 7 rings (SSSR count). The lowest BCUT2D eigenvalue weighted by Gasteiger charge is -2.13. The molecule has 0 aliphatic carbocycles. The molecule has 5 aromatic carbocycles. The van der Waals surface area contributed by atoms with Gasteiger partial charge in [0.05, 0.1) is 27.9 Å². The molecule has 170 valence electrons. The molecule has 3 heteroatoms. The van der Waals surface area contributed by atoms with Gasteiger partial charge in [-0.15, -0.1) is 0 Å². The van der Waals surface area contributed by atoms with Gasteiger partial charge >= 0.3 is 0 Å². The van der Waals surface area contributed by atoms with Crippen LogP contribution in [0.15, 0.2) is 127 Å². The van der Waals surface area contributed by atoms with E-state index in [1.54, 1.807) is 0 Å². The fourth-order valence-corrected chi connectivity index (χ4v) is 5.26. The van der Waals surface area contributed by atoms with Crippen molar-refractivity contribution in [2.24, 2.45) is 0 Å². The smallest absolute Gasteiger partial charge is 0.0944 e. The summed E-state index contributed by atoms with van der Waals surface area (Å²) in [6.07, 6.45) is 0. The van der Waals surface area contributed by atoms with Crippen molar-refractivity contribution in [2.45, 2.75) is 0 Å². The van der Waals surface area contributed by atoms with Gasteiger partial charge in [0.15, 0.2) is 0 Å². The maximum Gasteiger partial charge on any atom is 0.0944 e. The van der Waals surface area contributed by atoms with Gasteiger partial charge in [0, 0.05) is 27.4 Å². The minimum absolute atomic E-state index is 0.688. The van der Waals surface area contributed by atoms with Crippen molar-refractivity contribution in [3.8, 4) is 28.1 Å². The highest BCUT2D eigenvalue weighted by Gasteiger charge is 2.14. The van der Waals surface area contributed by atoms with Gasteiger partial charge in [0.2, 0.25) is 0 Å². The number of aromatic nitrogens is 2. The summed E-state index contributed by atoms with van der Waals surface area (Å²) in [5, 5.41) is 3.58. The number of nitrogens with two attached hydrogens (primary N) is 1. The van der Waals surface area contributed by atoms with Crippen LogP contribution in [0.5, 0.6) is 0 Å². The highest BCUT2D eigenvalue weighted by Crippen LogP contribution is 2.35. The van der Waals surface area contributed by atoms with E-state index in [4.69, 9.17) is 10.7 Å². The van der Waals surface area contributed by atoms with Crippen LogP contribution in [-0.2, 0) is 0 Å². The summed E-state index contributed by atoms with van der Waals surface area (Å²) >= 11 is 0. The van der Waals surface area contributed by atoms with Crippen molar-refractivity contribution in [2.75, 3.05) is 5.73 Å². The first-order valence-electron chi connectivity index (χ1n) is 12.1. The fourth-order valence-electron chi connectivity index (χ4n) is 5.26. The van der Waals surface area contributed by atoms with Crippen LogP contribution in [0.4, 0.5) is 5.69 Å². The number of hydrogen-bond acceptors (Lipinski definition) is 2. The molecule has 0 spiro atoms. The third kappa shape index (κ3) is 3.18. The summed E-state index contributed by atoms with van der Waals surface area (Å²) in [6, 6.07) is 44.4. The first-order chi connectivity index (χ1) is 17.8. The van der Waals surface area contributed by atoms with E-state index in [9.17, 15) is 0 Å². The van der Waals surface area contributed by atoms with Gasteiger partial charge in [0.1, 0.15) is 0 Å². The predicted octanol–water partition coefficient (Wildman–Crippen LogP) is 8.25. The molecule has 0 fully saturated rings. The average molecular weight is 462 g/mol. The van der Waals surface area contributed by atoms with Crippen LogP contribution in [0, 0.1) is 0 Å². The molecule has 2 heterocycles. The minimum Gasteiger partial charge on any atom is -0.397 e. The van der Waals surface area contributed by atoms with E-state index in [-0.39, 0.29) is 0 Å². The highest BCUT2D eigenvalue weighted by molar-refractivity contribution is 6.09. The van der Waals surface area contributed by atoms with E-state index >= 15 is 0 Å². The number of nitrogens with zero attached hydrogens (tertiary/aromatic N) is 2. The third-order valence-corrected chi connectivity index (χ3v) is 6.96. The Morgan fingerprint density at radius 2 is 1.14 bits per heavy atom. The van der Waals surface area contributed by atoms with E-state index < -0.39 is 0 Å². The number of hydrogen-bond donors (Lipinski definition) is 1. The van der Waals surface area contributed by atoms with Crippen LogP contribution in [0.1, 0.15) is 0 Å². The normalized spacial score (nSPS) is 11.4. The summed E-state index contributed by atoms with van der Waals surface area (Å²) < 4.78 is 2.33. The minimum atomic E-state index is 0.688. The van der Waals surface area contributed by atoms with Crippen LogP contribution in [0.25, 0.3) is 60.8 Å². The zero-order valence-corrected chi connectivity index (χ0v) is 19.6. The second kappa shape index (κ2) is 8.10. The van der Waals surface area contributed by atoms with Crippen molar-refractivity contribution in [3.63, 3.8) is 0 Å². The lowest BCUT2D eigenvalue weighted by Crippen LogP contribution is -1.96. The third-order valence-electron chi connectivity index (χ3n) is 6.96. The van der Waals surface area contributed by atoms with Gasteiger partial charge in [0.25, 0.3) is 0 Å². The molecule has 0 aliphatic heterocycles. The number of anilines is 1. The van der Waals surface area contributed by atoms with Crippen LogP contribution in [0.2, 0.25) is 0 Å². The summed E-state index contributed by atoms with van der Waals surface area (Å²) in [5.74, 6) is 0. The van der Waals surface area contributed by atoms with Gasteiger partial charge in [-0.25, -0.2) is 4.98 Å². The average Bonchev–Trinajstić information content (AvgIpc) is 3.28. The quantitative estimate of drug-likeness (QED) is 0.269. The van der Waals surface area contributed by atoms with Crippen molar-refractivity contribution in [1.82, 2.24) is 9.55 Å². The first kappa shape index (κ1) is 20.5. The molecule has 36 heavy (non-hydrogen) atoms. The summed E-state index contributed by atoms with van der Waals surface area (Å²) in [6.45, 7) is 0. The number of benzene rings is 5. The molecule has 2 aromatic heterocycles. The molecule has 0 amide bonds. The molecular formula is C33H23N3. The number of para-hydroxylation sites is 3. The monoisotopic (exact) mass is 461 g/mol. The van der Waals surface area contributed by atoms with E-state index in [2.05, 4.69) is 114 Å². The van der Waals surface area contributed by atoms with Crippen molar-refractivity contribution in [1.29, 1.82) is 0 Å². The Kier molecular flexibility index (Phi) is 4.61. The molecule has 0 aliphatic rings. The lowest BCUT2D eigenvalue weighted by molar-refractivity contribution is 1.18. The van der Waals surface area contributed by atoms with E-state index in [0.717, 1.165) is 39.0 Å². The molecule has 0 radical (unpaired) electrons. The zero-order valence-electron chi connectivity index (χ0n) is 19.6. The summed E-state index contributed by atoms with van der Waals surface area (Å²) in [5.41, 5.74) is 15.7. The van der Waals surface area contributed by atoms with E-state index in [1.807, 2.05) is 18.2 Å². The molecule has 3 nitrogen and oxygen atoms in total. The Morgan fingerprint density at radius 3 is 1.83 bits per heavy atom. The first-order valence-corrected chi connectivity index (χ1v) is 12.1. The maximum atomic E-state index is 6.38. The Hall–Kier alpha value is -4.89. The topological polar surface area (TPSA) is 43.8 Å².